The molecule has 3 aromatic heterocycles. The quantitative estimate of drug-likeness (QED) is 0.395. The summed E-state index contributed by atoms with van der Waals surface area (Å²) in [5.74, 6) is 1.56. The van der Waals surface area contributed by atoms with Crippen LogP contribution in [-0.4, -0.2) is 21.0 Å². The normalized spacial score (nSPS) is 11.2. The molecule has 0 saturated carbocycles. The van der Waals surface area contributed by atoms with Crippen LogP contribution in [0.3, 0.4) is 0 Å². The van der Waals surface area contributed by atoms with E-state index in [9.17, 15) is 4.79 Å². The van der Waals surface area contributed by atoms with Crippen molar-refractivity contribution in [2.24, 2.45) is 0 Å². The number of benzene rings is 2. The van der Waals surface area contributed by atoms with E-state index >= 15 is 0 Å². The Bertz CT molecular complexity index is 1470. The van der Waals surface area contributed by atoms with Gasteiger partial charge in [-0.05, 0) is 55.3 Å². The second kappa shape index (κ2) is 8.23. The minimum Gasteiger partial charge on any atom is -0.494 e. The fourth-order valence-electron chi connectivity index (χ4n) is 3.91. The molecule has 2 aromatic carbocycles. The Morgan fingerprint density at radius 3 is 2.72 bits per heavy atom. The first-order valence-electron chi connectivity index (χ1n) is 10.7. The Balaban J connectivity index is 1.66. The van der Waals surface area contributed by atoms with Crippen molar-refractivity contribution >= 4 is 22.4 Å². The molecule has 0 amide bonds. The zero-order valence-electron chi connectivity index (χ0n) is 18.1. The van der Waals surface area contributed by atoms with Crippen molar-refractivity contribution in [3.63, 3.8) is 0 Å². The largest absolute Gasteiger partial charge is 0.494 e. The lowest BCUT2D eigenvalue weighted by molar-refractivity contribution is 0.340. The smallest absolute Gasteiger partial charge is 0.258 e. The second-order valence-electron chi connectivity index (χ2n) is 7.78. The molecule has 5 rings (SSSR count). The van der Waals surface area contributed by atoms with Gasteiger partial charge in [-0.2, -0.15) is 0 Å². The van der Waals surface area contributed by atoms with Gasteiger partial charge in [-0.25, -0.2) is 4.98 Å². The maximum atomic E-state index is 13.1. The van der Waals surface area contributed by atoms with Gasteiger partial charge in [-0.15, -0.1) is 0 Å². The highest BCUT2D eigenvalue weighted by molar-refractivity contribution is 5.87. The molecule has 0 aliphatic rings. The molecule has 6 heteroatoms. The summed E-state index contributed by atoms with van der Waals surface area (Å²) in [5.41, 5.74) is 4.77. The van der Waals surface area contributed by atoms with E-state index in [1.54, 1.807) is 0 Å². The Kier molecular flexibility index (Phi) is 5.11. The monoisotopic (exact) mass is 424 g/mol. The number of anilines is 1. The number of H-pyrrole nitrogens is 1. The number of rotatable bonds is 6. The molecule has 2 N–H and O–H groups in total. The molecule has 0 fully saturated rings. The number of hydrogen-bond donors (Lipinski definition) is 2. The van der Waals surface area contributed by atoms with Crippen LogP contribution in [0.2, 0.25) is 0 Å². The minimum atomic E-state index is -0.176. The van der Waals surface area contributed by atoms with E-state index in [-0.39, 0.29) is 5.56 Å². The number of imidazole rings is 1. The predicted molar refractivity (Wildman–Crippen MR) is 128 cm³/mol. The number of nitrogens with zero attached hydrogens (tertiary/aromatic N) is 2. The van der Waals surface area contributed by atoms with E-state index in [0.717, 1.165) is 39.2 Å². The summed E-state index contributed by atoms with van der Waals surface area (Å²) in [7, 11) is 0. The van der Waals surface area contributed by atoms with Crippen LogP contribution in [0.5, 0.6) is 5.75 Å². The summed E-state index contributed by atoms with van der Waals surface area (Å²) >= 11 is 0. The number of aromatic nitrogens is 3. The van der Waals surface area contributed by atoms with E-state index in [1.165, 1.54) is 0 Å². The SMILES string of the molecule is CCOc1ccc2[nH]c(=O)c(-c3nc4ccc(C)cn4c3NCc3ccccc3)cc2c1. The Labute approximate surface area is 185 Å². The molecule has 0 radical (unpaired) electrons. The van der Waals surface area contributed by atoms with Gasteiger partial charge in [0, 0.05) is 23.6 Å². The highest BCUT2D eigenvalue weighted by atomic mass is 16.5. The van der Waals surface area contributed by atoms with Crippen LogP contribution in [-0.2, 0) is 6.54 Å². The molecule has 0 aliphatic carbocycles. The first-order chi connectivity index (χ1) is 15.6. The van der Waals surface area contributed by atoms with Crippen LogP contribution in [0.25, 0.3) is 27.8 Å². The van der Waals surface area contributed by atoms with Crippen molar-refractivity contribution in [1.82, 2.24) is 14.4 Å². The molecule has 0 spiro atoms. The summed E-state index contributed by atoms with van der Waals surface area (Å²) in [6.45, 7) is 5.20. The number of aryl methyl sites for hydroxylation is 1. The molecular formula is C26H24N4O2. The van der Waals surface area contributed by atoms with E-state index in [4.69, 9.17) is 9.72 Å². The van der Waals surface area contributed by atoms with Crippen LogP contribution in [0, 0.1) is 6.92 Å². The zero-order valence-corrected chi connectivity index (χ0v) is 18.1. The number of fused-ring (bicyclic) bond motifs is 2. The van der Waals surface area contributed by atoms with Crippen LogP contribution in [0.1, 0.15) is 18.1 Å². The number of hydrogen-bond acceptors (Lipinski definition) is 4. The van der Waals surface area contributed by atoms with Gasteiger partial charge in [0.25, 0.3) is 5.56 Å². The Hall–Kier alpha value is -4.06. The van der Waals surface area contributed by atoms with Crippen LogP contribution >= 0.6 is 0 Å². The van der Waals surface area contributed by atoms with Gasteiger partial charge >= 0.3 is 0 Å². The lowest BCUT2D eigenvalue weighted by Crippen LogP contribution is -2.11. The molecule has 5 aromatic rings. The maximum absolute atomic E-state index is 13.1. The van der Waals surface area contributed by atoms with E-state index < -0.39 is 0 Å². The van der Waals surface area contributed by atoms with Gasteiger partial charge in [0.15, 0.2) is 0 Å². The second-order valence-corrected chi connectivity index (χ2v) is 7.78. The third-order valence-corrected chi connectivity index (χ3v) is 5.45. The molecule has 0 bridgehead atoms. The molecular weight excluding hydrogens is 400 g/mol. The van der Waals surface area contributed by atoms with Crippen molar-refractivity contribution in [3.05, 3.63) is 94.4 Å². The highest BCUT2D eigenvalue weighted by Crippen LogP contribution is 2.30. The lowest BCUT2D eigenvalue weighted by atomic mass is 10.1. The summed E-state index contributed by atoms with van der Waals surface area (Å²) in [6, 6.07) is 21.7. The van der Waals surface area contributed by atoms with Crippen LogP contribution in [0.4, 0.5) is 5.82 Å². The zero-order chi connectivity index (χ0) is 22.1. The Morgan fingerprint density at radius 2 is 1.91 bits per heavy atom. The fraction of sp³-hybridized carbons (Fsp3) is 0.154. The highest BCUT2D eigenvalue weighted by Gasteiger charge is 2.18. The standard InChI is InChI=1S/C26H24N4O2/c1-3-32-20-10-11-22-19(13-20)14-21(26(31)28-22)24-25(27-15-18-7-5-4-6-8-18)30-16-17(2)9-12-23(30)29-24/h4-14,16,27H,3,15H2,1-2H3,(H,28,31). The minimum absolute atomic E-state index is 0.176. The third-order valence-electron chi connectivity index (χ3n) is 5.45. The van der Waals surface area contributed by atoms with Crippen molar-refractivity contribution in [3.8, 4) is 17.0 Å². The van der Waals surface area contributed by atoms with Crippen LogP contribution < -0.4 is 15.6 Å². The average Bonchev–Trinajstić information content (AvgIpc) is 3.15. The van der Waals surface area contributed by atoms with E-state index in [2.05, 4.69) is 22.4 Å². The van der Waals surface area contributed by atoms with Gasteiger partial charge in [0.05, 0.1) is 12.2 Å². The van der Waals surface area contributed by atoms with Crippen molar-refractivity contribution < 1.29 is 4.74 Å². The summed E-state index contributed by atoms with van der Waals surface area (Å²) in [6.07, 6.45) is 2.03. The molecule has 0 aliphatic heterocycles. The maximum Gasteiger partial charge on any atom is 0.258 e. The topological polar surface area (TPSA) is 71.4 Å². The lowest BCUT2D eigenvalue weighted by Gasteiger charge is -2.10. The van der Waals surface area contributed by atoms with Crippen LogP contribution in [0.15, 0.2) is 77.7 Å². The number of pyridine rings is 2. The molecule has 0 unspecified atom stereocenters. The van der Waals surface area contributed by atoms with Gasteiger partial charge in [0.2, 0.25) is 0 Å². The van der Waals surface area contributed by atoms with E-state index in [1.807, 2.05) is 79.0 Å². The average molecular weight is 425 g/mol. The summed E-state index contributed by atoms with van der Waals surface area (Å²) < 4.78 is 7.65. The number of ether oxygens (including phenoxy) is 1. The van der Waals surface area contributed by atoms with Crippen molar-refractivity contribution in [2.75, 3.05) is 11.9 Å². The van der Waals surface area contributed by atoms with Gasteiger partial charge in [-0.1, -0.05) is 36.4 Å². The predicted octanol–water partition coefficient (Wildman–Crippen LogP) is 5.16. The molecule has 0 atom stereocenters. The number of aromatic amines is 1. The van der Waals surface area contributed by atoms with E-state index in [0.29, 0.717) is 24.4 Å². The number of nitrogens with one attached hydrogen (secondary N) is 2. The fourth-order valence-corrected chi connectivity index (χ4v) is 3.91. The van der Waals surface area contributed by atoms with Crippen molar-refractivity contribution in [2.45, 2.75) is 20.4 Å². The Morgan fingerprint density at radius 1 is 1.06 bits per heavy atom. The summed E-state index contributed by atoms with van der Waals surface area (Å²) in [4.78, 5) is 20.9. The van der Waals surface area contributed by atoms with Crippen molar-refractivity contribution in [1.29, 1.82) is 0 Å². The third kappa shape index (κ3) is 3.71. The summed E-state index contributed by atoms with van der Waals surface area (Å²) in [5, 5.41) is 4.40. The molecule has 160 valence electrons. The molecule has 0 saturated heterocycles. The van der Waals surface area contributed by atoms with Gasteiger partial charge in [0.1, 0.15) is 22.9 Å². The van der Waals surface area contributed by atoms with Gasteiger partial charge in [-0.3, -0.25) is 9.20 Å². The molecule has 6 nitrogen and oxygen atoms in total. The first kappa shape index (κ1) is 19.9. The van der Waals surface area contributed by atoms with Gasteiger partial charge < -0.3 is 15.0 Å². The first-order valence-corrected chi connectivity index (χ1v) is 10.7. The molecule has 32 heavy (non-hydrogen) atoms. The molecule has 3 heterocycles.